The van der Waals surface area contributed by atoms with E-state index in [1.165, 1.54) is 12.1 Å². The summed E-state index contributed by atoms with van der Waals surface area (Å²) in [7, 11) is 0. The van der Waals surface area contributed by atoms with Gasteiger partial charge in [0.2, 0.25) is 0 Å². The minimum absolute atomic E-state index is 0.0364. The molecule has 1 unspecified atom stereocenters. The van der Waals surface area contributed by atoms with Crippen molar-refractivity contribution in [3.8, 4) is 6.07 Å². The maximum absolute atomic E-state index is 10.8. The van der Waals surface area contributed by atoms with Gasteiger partial charge in [0.1, 0.15) is 17.5 Å². The number of hydrogen-bond acceptors (Lipinski definition) is 5. The summed E-state index contributed by atoms with van der Waals surface area (Å²) in [6.45, 7) is 2.00. The third-order valence-electron chi connectivity index (χ3n) is 2.91. The summed E-state index contributed by atoms with van der Waals surface area (Å²) in [6, 6.07) is 6.19. The van der Waals surface area contributed by atoms with Crippen molar-refractivity contribution in [1.29, 1.82) is 5.26 Å². The SMILES string of the molecule is CCC(Nc1ccc([N+](=O)[O-])c(C#N)c1)c1ncc[nH]1. The van der Waals surface area contributed by atoms with Crippen LogP contribution in [0.5, 0.6) is 0 Å². The monoisotopic (exact) mass is 271 g/mol. The van der Waals surface area contributed by atoms with Crippen LogP contribution in [0.1, 0.15) is 30.8 Å². The first-order valence-corrected chi connectivity index (χ1v) is 6.10. The Morgan fingerprint density at radius 1 is 1.60 bits per heavy atom. The third kappa shape index (κ3) is 2.75. The van der Waals surface area contributed by atoms with Crippen LogP contribution in [-0.2, 0) is 0 Å². The van der Waals surface area contributed by atoms with E-state index in [4.69, 9.17) is 5.26 Å². The summed E-state index contributed by atoms with van der Waals surface area (Å²) in [4.78, 5) is 17.4. The van der Waals surface area contributed by atoms with E-state index in [0.717, 1.165) is 12.2 Å². The molecule has 0 aliphatic carbocycles. The van der Waals surface area contributed by atoms with E-state index in [1.54, 1.807) is 18.5 Å². The van der Waals surface area contributed by atoms with Crippen LogP contribution in [0.2, 0.25) is 0 Å². The summed E-state index contributed by atoms with van der Waals surface area (Å²) in [5, 5.41) is 22.9. The molecule has 2 aromatic rings. The Morgan fingerprint density at radius 2 is 2.40 bits per heavy atom. The number of nitrogens with one attached hydrogen (secondary N) is 2. The van der Waals surface area contributed by atoms with Gasteiger partial charge in [0.15, 0.2) is 0 Å². The van der Waals surface area contributed by atoms with E-state index in [1.807, 2.05) is 13.0 Å². The number of benzene rings is 1. The summed E-state index contributed by atoms with van der Waals surface area (Å²) >= 11 is 0. The number of nitro benzene ring substituents is 1. The largest absolute Gasteiger partial charge is 0.375 e. The topological polar surface area (TPSA) is 108 Å². The lowest BCUT2D eigenvalue weighted by Crippen LogP contribution is -2.11. The number of nitrogens with zero attached hydrogens (tertiary/aromatic N) is 3. The molecule has 0 radical (unpaired) electrons. The van der Waals surface area contributed by atoms with Gasteiger partial charge in [-0.15, -0.1) is 0 Å². The Morgan fingerprint density at radius 3 is 2.95 bits per heavy atom. The van der Waals surface area contributed by atoms with Crippen molar-refractivity contribution in [2.45, 2.75) is 19.4 Å². The van der Waals surface area contributed by atoms with E-state index < -0.39 is 4.92 Å². The molecule has 0 amide bonds. The first-order valence-electron chi connectivity index (χ1n) is 6.10. The highest BCUT2D eigenvalue weighted by Gasteiger charge is 2.16. The average Bonchev–Trinajstić information content (AvgIpc) is 2.98. The number of aromatic nitrogens is 2. The Balaban J connectivity index is 2.26. The molecule has 0 aliphatic rings. The highest BCUT2D eigenvalue weighted by atomic mass is 16.6. The van der Waals surface area contributed by atoms with Crippen LogP contribution in [0.3, 0.4) is 0 Å². The van der Waals surface area contributed by atoms with E-state index in [2.05, 4.69) is 15.3 Å². The molecule has 0 saturated heterocycles. The number of nitriles is 1. The van der Waals surface area contributed by atoms with Gasteiger partial charge < -0.3 is 10.3 Å². The molecular weight excluding hydrogens is 258 g/mol. The van der Waals surface area contributed by atoms with Gasteiger partial charge in [0, 0.05) is 24.1 Å². The number of anilines is 1. The summed E-state index contributed by atoms with van der Waals surface area (Å²) in [5.41, 5.74) is 0.494. The van der Waals surface area contributed by atoms with Gasteiger partial charge in [-0.3, -0.25) is 10.1 Å². The zero-order valence-corrected chi connectivity index (χ0v) is 10.8. The molecule has 0 aliphatic heterocycles. The number of hydrogen-bond donors (Lipinski definition) is 2. The Bertz CT molecular complexity index is 645. The van der Waals surface area contributed by atoms with E-state index >= 15 is 0 Å². The molecular formula is C13H13N5O2. The van der Waals surface area contributed by atoms with Crippen molar-refractivity contribution >= 4 is 11.4 Å². The lowest BCUT2D eigenvalue weighted by atomic mass is 10.1. The molecule has 0 bridgehead atoms. The van der Waals surface area contributed by atoms with Crippen LogP contribution in [0.15, 0.2) is 30.6 Å². The molecule has 7 nitrogen and oxygen atoms in total. The number of nitro groups is 1. The molecule has 2 rings (SSSR count). The normalized spacial score (nSPS) is 11.6. The highest BCUT2D eigenvalue weighted by Crippen LogP contribution is 2.25. The van der Waals surface area contributed by atoms with Crippen LogP contribution in [0.25, 0.3) is 0 Å². The molecule has 1 aromatic heterocycles. The molecule has 1 heterocycles. The van der Waals surface area contributed by atoms with Crippen molar-refractivity contribution < 1.29 is 4.92 Å². The van der Waals surface area contributed by atoms with Crippen LogP contribution in [0, 0.1) is 21.4 Å². The number of imidazole rings is 1. The molecule has 20 heavy (non-hydrogen) atoms. The van der Waals surface area contributed by atoms with Gasteiger partial charge in [-0.05, 0) is 18.6 Å². The van der Waals surface area contributed by atoms with Crippen LogP contribution >= 0.6 is 0 Å². The number of rotatable bonds is 5. The lowest BCUT2D eigenvalue weighted by molar-refractivity contribution is -0.385. The van der Waals surface area contributed by atoms with Crippen LogP contribution < -0.4 is 5.32 Å². The standard InChI is InChI=1S/C13H13N5O2/c1-2-11(13-15-5-6-16-13)17-10-3-4-12(18(19)20)9(7-10)8-14/h3-7,11,17H,2H2,1H3,(H,15,16). The summed E-state index contributed by atoms with van der Waals surface area (Å²) < 4.78 is 0. The average molecular weight is 271 g/mol. The first-order chi connectivity index (χ1) is 9.65. The maximum Gasteiger partial charge on any atom is 0.287 e. The second-order valence-electron chi connectivity index (χ2n) is 4.18. The molecule has 1 aromatic carbocycles. The van der Waals surface area contributed by atoms with Crippen molar-refractivity contribution in [3.63, 3.8) is 0 Å². The van der Waals surface area contributed by atoms with Crippen molar-refractivity contribution in [3.05, 3.63) is 52.1 Å². The van der Waals surface area contributed by atoms with Gasteiger partial charge in [0.05, 0.1) is 11.0 Å². The molecule has 1 atom stereocenters. The second kappa shape index (κ2) is 5.84. The van der Waals surface area contributed by atoms with Gasteiger partial charge in [0.25, 0.3) is 5.69 Å². The van der Waals surface area contributed by atoms with E-state index in [-0.39, 0.29) is 17.3 Å². The van der Waals surface area contributed by atoms with Crippen molar-refractivity contribution in [1.82, 2.24) is 9.97 Å². The minimum Gasteiger partial charge on any atom is -0.375 e. The smallest absolute Gasteiger partial charge is 0.287 e. The van der Waals surface area contributed by atoms with Crippen molar-refractivity contribution in [2.75, 3.05) is 5.32 Å². The van der Waals surface area contributed by atoms with Gasteiger partial charge >= 0.3 is 0 Å². The fourth-order valence-electron chi connectivity index (χ4n) is 1.91. The fourth-order valence-corrected chi connectivity index (χ4v) is 1.91. The Hall–Kier alpha value is -2.88. The van der Waals surface area contributed by atoms with E-state index in [0.29, 0.717) is 5.69 Å². The molecule has 102 valence electrons. The predicted molar refractivity (Wildman–Crippen MR) is 73.1 cm³/mol. The Labute approximate surface area is 115 Å². The third-order valence-corrected chi connectivity index (χ3v) is 2.91. The van der Waals surface area contributed by atoms with Crippen molar-refractivity contribution in [2.24, 2.45) is 0 Å². The molecule has 2 N–H and O–H groups in total. The number of aromatic amines is 1. The quantitative estimate of drug-likeness (QED) is 0.642. The van der Waals surface area contributed by atoms with Gasteiger partial charge in [-0.1, -0.05) is 6.92 Å². The van der Waals surface area contributed by atoms with Crippen LogP contribution in [0.4, 0.5) is 11.4 Å². The summed E-state index contributed by atoms with van der Waals surface area (Å²) in [5.74, 6) is 0.782. The van der Waals surface area contributed by atoms with Gasteiger partial charge in [-0.2, -0.15) is 5.26 Å². The highest BCUT2D eigenvalue weighted by molar-refractivity contribution is 5.59. The summed E-state index contributed by atoms with van der Waals surface area (Å²) in [6.07, 6.45) is 4.18. The second-order valence-corrected chi connectivity index (χ2v) is 4.18. The minimum atomic E-state index is -0.563. The molecule has 7 heteroatoms. The fraction of sp³-hybridized carbons (Fsp3) is 0.231. The lowest BCUT2D eigenvalue weighted by Gasteiger charge is -2.16. The zero-order valence-electron chi connectivity index (χ0n) is 10.8. The molecule has 0 saturated carbocycles. The first kappa shape index (κ1) is 13.5. The van der Waals surface area contributed by atoms with Crippen LogP contribution in [-0.4, -0.2) is 14.9 Å². The zero-order chi connectivity index (χ0) is 14.5. The predicted octanol–water partition coefficient (Wildman–Crippen LogP) is 2.75. The van der Waals surface area contributed by atoms with Gasteiger partial charge in [-0.25, -0.2) is 4.98 Å². The Kier molecular flexibility index (Phi) is 3.96. The molecule has 0 spiro atoms. The molecule has 0 fully saturated rings. The van der Waals surface area contributed by atoms with E-state index in [9.17, 15) is 10.1 Å². The number of H-pyrrole nitrogens is 1. The maximum atomic E-state index is 10.8.